The predicted molar refractivity (Wildman–Crippen MR) is 84.7 cm³/mol. The first-order valence-corrected chi connectivity index (χ1v) is 7.72. The number of aromatic nitrogens is 5. The number of likely N-dealkylation sites (tertiary alicyclic amines) is 1. The lowest BCUT2D eigenvalue weighted by molar-refractivity contribution is 0.0736. The van der Waals surface area contributed by atoms with Gasteiger partial charge in [-0.05, 0) is 31.0 Å². The van der Waals surface area contributed by atoms with E-state index in [2.05, 4.69) is 15.4 Å². The Kier molecular flexibility index (Phi) is 3.14. The third-order valence-corrected chi connectivity index (χ3v) is 4.48. The molecule has 7 nitrogen and oxygen atoms in total. The highest BCUT2D eigenvalue weighted by atomic mass is 16.2. The van der Waals surface area contributed by atoms with E-state index in [4.69, 9.17) is 0 Å². The lowest BCUT2D eigenvalue weighted by Gasteiger charge is -2.24. The van der Waals surface area contributed by atoms with Gasteiger partial charge < -0.3 is 4.90 Å². The van der Waals surface area contributed by atoms with Crippen molar-refractivity contribution in [1.82, 2.24) is 29.7 Å². The van der Waals surface area contributed by atoms with Crippen LogP contribution in [0.5, 0.6) is 0 Å². The molecule has 0 saturated carbocycles. The number of nitrogens with zero attached hydrogens (tertiary/aromatic N) is 6. The maximum Gasteiger partial charge on any atom is 0.254 e. The van der Waals surface area contributed by atoms with Crippen LogP contribution in [0.3, 0.4) is 0 Å². The molecule has 0 bridgehead atoms. The zero-order valence-electron chi connectivity index (χ0n) is 13.2. The summed E-state index contributed by atoms with van der Waals surface area (Å²) in [4.78, 5) is 14.9. The number of hydrogen-bond acceptors (Lipinski definition) is 4. The van der Waals surface area contributed by atoms with E-state index in [0.717, 1.165) is 36.0 Å². The van der Waals surface area contributed by atoms with Gasteiger partial charge in [0.15, 0.2) is 0 Å². The molecule has 1 aliphatic heterocycles. The Hall–Kier alpha value is -2.70. The second-order valence-corrected chi connectivity index (χ2v) is 6.02. The third-order valence-electron chi connectivity index (χ3n) is 4.48. The molecule has 1 fully saturated rings. The van der Waals surface area contributed by atoms with Gasteiger partial charge in [0.1, 0.15) is 5.52 Å². The topological polar surface area (TPSA) is 68.8 Å². The molecular formula is C16H18N6O. The van der Waals surface area contributed by atoms with Crippen molar-refractivity contribution in [2.75, 3.05) is 6.54 Å². The lowest BCUT2D eigenvalue weighted by Crippen LogP contribution is -2.30. The normalized spacial score (nSPS) is 18.0. The largest absolute Gasteiger partial charge is 0.331 e. The molecule has 3 heterocycles. The molecule has 0 spiro atoms. The van der Waals surface area contributed by atoms with Crippen molar-refractivity contribution in [2.45, 2.75) is 18.9 Å². The zero-order valence-corrected chi connectivity index (χ0v) is 13.2. The molecule has 4 rings (SSSR count). The van der Waals surface area contributed by atoms with Crippen LogP contribution in [0.15, 0.2) is 30.6 Å². The molecule has 1 aliphatic rings. The van der Waals surface area contributed by atoms with Crippen LogP contribution in [0, 0.1) is 0 Å². The molecular weight excluding hydrogens is 292 g/mol. The van der Waals surface area contributed by atoms with E-state index >= 15 is 0 Å². The average Bonchev–Trinajstić information content (AvgIpc) is 3.26. The molecule has 118 valence electrons. The van der Waals surface area contributed by atoms with Crippen LogP contribution in [-0.4, -0.2) is 42.1 Å². The van der Waals surface area contributed by atoms with E-state index in [1.807, 2.05) is 49.6 Å². The zero-order chi connectivity index (χ0) is 16.0. The van der Waals surface area contributed by atoms with Gasteiger partial charge in [0.05, 0.1) is 17.8 Å². The quantitative estimate of drug-likeness (QED) is 0.722. The highest BCUT2D eigenvalue weighted by molar-refractivity contribution is 5.97. The first-order chi connectivity index (χ1) is 11.1. The Balaban J connectivity index is 1.66. The fourth-order valence-corrected chi connectivity index (χ4v) is 3.31. The first-order valence-electron chi connectivity index (χ1n) is 7.72. The molecule has 1 atom stereocenters. The smallest absolute Gasteiger partial charge is 0.254 e. The van der Waals surface area contributed by atoms with Gasteiger partial charge in [0.25, 0.3) is 5.91 Å². The van der Waals surface area contributed by atoms with Gasteiger partial charge in [-0.2, -0.15) is 5.10 Å². The number of carbonyl (C=O) groups excluding carboxylic acids is 1. The monoisotopic (exact) mass is 310 g/mol. The average molecular weight is 310 g/mol. The summed E-state index contributed by atoms with van der Waals surface area (Å²) >= 11 is 0. The van der Waals surface area contributed by atoms with Crippen molar-refractivity contribution < 1.29 is 4.79 Å². The van der Waals surface area contributed by atoms with Gasteiger partial charge in [-0.3, -0.25) is 9.48 Å². The Bertz CT molecular complexity index is 880. The van der Waals surface area contributed by atoms with Crippen molar-refractivity contribution in [2.24, 2.45) is 14.1 Å². The second kappa shape index (κ2) is 5.19. The number of benzene rings is 1. The Morgan fingerprint density at radius 2 is 2.17 bits per heavy atom. The van der Waals surface area contributed by atoms with Crippen molar-refractivity contribution in [3.63, 3.8) is 0 Å². The van der Waals surface area contributed by atoms with Crippen LogP contribution in [0.25, 0.3) is 11.0 Å². The van der Waals surface area contributed by atoms with Gasteiger partial charge in [-0.15, -0.1) is 5.10 Å². The molecule has 0 radical (unpaired) electrons. The van der Waals surface area contributed by atoms with E-state index in [9.17, 15) is 4.79 Å². The summed E-state index contributed by atoms with van der Waals surface area (Å²) in [5.41, 5.74) is 3.43. The summed E-state index contributed by atoms with van der Waals surface area (Å²) in [5, 5.41) is 12.3. The summed E-state index contributed by atoms with van der Waals surface area (Å²) in [5.74, 6) is 0.0453. The van der Waals surface area contributed by atoms with Crippen LogP contribution >= 0.6 is 0 Å². The van der Waals surface area contributed by atoms with Crippen molar-refractivity contribution in [3.05, 3.63) is 41.7 Å². The van der Waals surface area contributed by atoms with E-state index in [-0.39, 0.29) is 11.9 Å². The molecule has 7 heteroatoms. The van der Waals surface area contributed by atoms with Crippen LogP contribution in [0.2, 0.25) is 0 Å². The number of aryl methyl sites for hydroxylation is 2. The first kappa shape index (κ1) is 13.9. The molecule has 1 aromatic carbocycles. The Morgan fingerprint density at radius 3 is 2.96 bits per heavy atom. The van der Waals surface area contributed by atoms with Gasteiger partial charge in [0, 0.05) is 38.0 Å². The maximum atomic E-state index is 12.9. The predicted octanol–water partition coefficient (Wildman–Crippen LogP) is 1.68. The molecule has 0 N–H and O–H groups in total. The molecule has 1 amide bonds. The molecule has 0 unspecified atom stereocenters. The fraction of sp³-hybridized carbons (Fsp3) is 0.375. The number of fused-ring (bicyclic) bond motifs is 1. The highest BCUT2D eigenvalue weighted by Crippen LogP contribution is 2.33. The van der Waals surface area contributed by atoms with Gasteiger partial charge in [-0.1, -0.05) is 5.21 Å². The molecule has 3 aromatic rings. The van der Waals surface area contributed by atoms with E-state index in [0.29, 0.717) is 5.56 Å². The van der Waals surface area contributed by atoms with E-state index in [1.54, 1.807) is 9.36 Å². The Morgan fingerprint density at radius 1 is 1.30 bits per heavy atom. The van der Waals surface area contributed by atoms with Crippen molar-refractivity contribution in [1.29, 1.82) is 0 Å². The minimum Gasteiger partial charge on any atom is -0.331 e. The number of hydrogen-bond donors (Lipinski definition) is 0. The van der Waals surface area contributed by atoms with Crippen LogP contribution < -0.4 is 0 Å². The van der Waals surface area contributed by atoms with Crippen LogP contribution in [-0.2, 0) is 14.1 Å². The fourth-order valence-electron chi connectivity index (χ4n) is 3.31. The summed E-state index contributed by atoms with van der Waals surface area (Å²) in [6.07, 6.45) is 5.83. The van der Waals surface area contributed by atoms with Crippen molar-refractivity contribution >= 4 is 16.9 Å². The summed E-state index contributed by atoms with van der Waals surface area (Å²) in [6, 6.07) is 5.68. The van der Waals surface area contributed by atoms with E-state index < -0.39 is 0 Å². The number of carbonyl (C=O) groups is 1. The number of rotatable bonds is 2. The van der Waals surface area contributed by atoms with Crippen molar-refractivity contribution in [3.8, 4) is 0 Å². The highest BCUT2D eigenvalue weighted by Gasteiger charge is 2.31. The van der Waals surface area contributed by atoms with Gasteiger partial charge in [-0.25, -0.2) is 4.68 Å². The third kappa shape index (κ3) is 2.28. The summed E-state index contributed by atoms with van der Waals surface area (Å²) in [6.45, 7) is 0.775. The van der Waals surface area contributed by atoms with Crippen LogP contribution in [0.4, 0.5) is 0 Å². The Labute approximate surface area is 133 Å². The van der Waals surface area contributed by atoms with Gasteiger partial charge >= 0.3 is 0 Å². The summed E-state index contributed by atoms with van der Waals surface area (Å²) in [7, 11) is 3.74. The number of amides is 1. The second-order valence-electron chi connectivity index (χ2n) is 6.02. The summed E-state index contributed by atoms with van der Waals surface area (Å²) < 4.78 is 3.49. The molecule has 23 heavy (non-hydrogen) atoms. The minimum atomic E-state index is 0.0453. The maximum absolute atomic E-state index is 12.9. The van der Waals surface area contributed by atoms with E-state index in [1.165, 1.54) is 0 Å². The van der Waals surface area contributed by atoms with Crippen LogP contribution in [0.1, 0.15) is 34.8 Å². The lowest BCUT2D eigenvalue weighted by atomic mass is 10.1. The SMILES string of the molecule is Cn1cc([C@H]2CCCN2C(=O)c2ccc3c(c2)nnn3C)cn1. The molecule has 2 aromatic heterocycles. The van der Waals surface area contributed by atoms with Gasteiger partial charge in [0.2, 0.25) is 0 Å². The minimum absolute atomic E-state index is 0.0453. The standard InChI is InChI=1S/C16H18N6O/c1-20-10-12(9-17-20)14-4-3-7-22(14)16(23)11-5-6-15-13(8-11)18-19-21(15)2/h5-6,8-10,14H,3-4,7H2,1-2H3/t14-/m1/s1. The molecule has 0 aliphatic carbocycles. The molecule has 1 saturated heterocycles.